The van der Waals surface area contributed by atoms with Crippen LogP contribution in [0.4, 0.5) is 0 Å². The van der Waals surface area contributed by atoms with E-state index in [0.29, 0.717) is 0 Å². The zero-order chi connectivity index (χ0) is 12.0. The third kappa shape index (κ3) is 3.52. The Bertz CT molecular complexity index is 295. The van der Waals surface area contributed by atoms with Crippen molar-refractivity contribution in [2.24, 2.45) is 10.9 Å². The maximum absolute atomic E-state index is 11.1. The Morgan fingerprint density at radius 1 is 1.25 bits per heavy atom. The molecule has 2 N–H and O–H groups in total. The molecule has 1 saturated carbocycles. The first kappa shape index (κ1) is 12.5. The fraction of sp³-hybridized carbons (Fsp3) is 0.700. The highest BCUT2D eigenvalue weighted by atomic mass is 16.6. The van der Waals surface area contributed by atoms with Crippen LogP contribution in [-0.2, 0) is 19.2 Å². The normalized spacial score (nSPS) is 17.9. The van der Waals surface area contributed by atoms with Crippen LogP contribution >= 0.6 is 0 Å². The molecule has 6 heteroatoms. The van der Waals surface area contributed by atoms with Gasteiger partial charge in [0.05, 0.1) is 7.11 Å². The molecular formula is C10H16N2O4. The molecule has 0 aliphatic heterocycles. The number of hydrogen-bond acceptors (Lipinski definition) is 5. The molecule has 1 rings (SSSR count). The molecule has 0 bridgehead atoms. The summed E-state index contributed by atoms with van der Waals surface area (Å²) in [6.45, 7) is 0. The van der Waals surface area contributed by atoms with Crippen LogP contribution in [0.3, 0.4) is 0 Å². The third-order valence-corrected chi connectivity index (χ3v) is 2.46. The lowest BCUT2D eigenvalue weighted by Gasteiger charge is -2.19. The number of esters is 1. The molecule has 0 heterocycles. The molecule has 1 amide bonds. The number of methoxy groups -OCH3 is 1. The van der Waals surface area contributed by atoms with Gasteiger partial charge in [0.1, 0.15) is 6.10 Å². The summed E-state index contributed by atoms with van der Waals surface area (Å²) in [5.74, 6) is -1.81. The van der Waals surface area contributed by atoms with Crippen molar-refractivity contribution >= 4 is 17.6 Å². The fourth-order valence-electron chi connectivity index (χ4n) is 1.58. The lowest BCUT2D eigenvalue weighted by molar-refractivity contribution is -0.133. The van der Waals surface area contributed by atoms with E-state index in [9.17, 15) is 9.59 Å². The zero-order valence-electron chi connectivity index (χ0n) is 9.27. The molecule has 90 valence electrons. The molecule has 0 saturated heterocycles. The molecule has 0 aromatic carbocycles. The van der Waals surface area contributed by atoms with Crippen LogP contribution < -0.4 is 5.73 Å². The molecule has 1 fully saturated rings. The van der Waals surface area contributed by atoms with Crippen LogP contribution in [0.15, 0.2) is 5.16 Å². The molecule has 0 unspecified atom stereocenters. The summed E-state index contributed by atoms with van der Waals surface area (Å²) >= 11 is 0. The summed E-state index contributed by atoms with van der Waals surface area (Å²) in [4.78, 5) is 27.1. The lowest BCUT2D eigenvalue weighted by Crippen LogP contribution is -2.32. The molecule has 6 nitrogen and oxygen atoms in total. The lowest BCUT2D eigenvalue weighted by atomic mass is 9.98. The number of carbonyl (C=O) groups is 2. The van der Waals surface area contributed by atoms with Gasteiger partial charge in [-0.05, 0) is 25.7 Å². The van der Waals surface area contributed by atoms with E-state index in [1.165, 1.54) is 6.42 Å². The smallest absolute Gasteiger partial charge is 0.365 e. The Hall–Kier alpha value is -1.59. The van der Waals surface area contributed by atoms with Crippen molar-refractivity contribution in [1.82, 2.24) is 0 Å². The fourth-order valence-corrected chi connectivity index (χ4v) is 1.58. The Kier molecular flexibility index (Phi) is 4.75. The standard InChI is InChI=1S/C10H16N2O4/c1-15-10(14)8(9(11)13)12-16-7-5-3-2-4-6-7/h7H,2-6H2,1H3,(H2,11,13). The molecular weight excluding hydrogens is 212 g/mol. The van der Waals surface area contributed by atoms with Gasteiger partial charge in [-0.25, -0.2) is 4.79 Å². The Labute approximate surface area is 93.8 Å². The monoisotopic (exact) mass is 228 g/mol. The molecule has 1 aliphatic rings. The number of hydrogen-bond donors (Lipinski definition) is 1. The second-order valence-electron chi connectivity index (χ2n) is 3.66. The first-order valence-electron chi connectivity index (χ1n) is 5.27. The van der Waals surface area contributed by atoms with Gasteiger partial charge >= 0.3 is 5.97 Å². The van der Waals surface area contributed by atoms with Crippen LogP contribution in [0.25, 0.3) is 0 Å². The minimum Gasteiger partial charge on any atom is -0.464 e. The van der Waals surface area contributed by atoms with Crippen molar-refractivity contribution in [2.45, 2.75) is 38.2 Å². The predicted octanol–water partition coefficient (Wildman–Crippen LogP) is 0.350. The van der Waals surface area contributed by atoms with Gasteiger partial charge in [0.2, 0.25) is 0 Å². The van der Waals surface area contributed by atoms with Crippen LogP contribution in [0.1, 0.15) is 32.1 Å². The number of ether oxygens (including phenoxy) is 1. The number of nitrogens with zero attached hydrogens (tertiary/aromatic N) is 1. The van der Waals surface area contributed by atoms with Gasteiger partial charge in [-0.2, -0.15) is 0 Å². The van der Waals surface area contributed by atoms with Crippen molar-refractivity contribution in [3.8, 4) is 0 Å². The molecule has 16 heavy (non-hydrogen) atoms. The van der Waals surface area contributed by atoms with Crippen molar-refractivity contribution in [3.63, 3.8) is 0 Å². The maximum Gasteiger partial charge on any atom is 0.365 e. The number of carbonyl (C=O) groups excluding carboxylic acids is 2. The molecule has 0 aromatic rings. The summed E-state index contributed by atoms with van der Waals surface area (Å²) in [5, 5.41) is 3.49. The SMILES string of the molecule is COC(=O)C(=NOC1CCCCC1)C(N)=O. The highest BCUT2D eigenvalue weighted by molar-refractivity contribution is 6.63. The third-order valence-electron chi connectivity index (χ3n) is 2.46. The summed E-state index contributed by atoms with van der Waals surface area (Å²) in [7, 11) is 1.15. The number of oxime groups is 1. The first-order valence-corrected chi connectivity index (χ1v) is 5.27. The molecule has 0 spiro atoms. The largest absolute Gasteiger partial charge is 0.464 e. The second kappa shape index (κ2) is 6.09. The van der Waals surface area contributed by atoms with Crippen LogP contribution in [0.5, 0.6) is 0 Å². The van der Waals surface area contributed by atoms with E-state index in [2.05, 4.69) is 9.89 Å². The van der Waals surface area contributed by atoms with Gasteiger partial charge < -0.3 is 15.3 Å². The summed E-state index contributed by atoms with van der Waals surface area (Å²) in [6, 6.07) is 0. The number of amides is 1. The Balaban J connectivity index is 2.56. The van der Waals surface area contributed by atoms with Crippen molar-refractivity contribution < 1.29 is 19.2 Å². The van der Waals surface area contributed by atoms with Crippen molar-refractivity contribution in [3.05, 3.63) is 0 Å². The zero-order valence-corrected chi connectivity index (χ0v) is 9.27. The average molecular weight is 228 g/mol. The molecule has 0 aromatic heterocycles. The van der Waals surface area contributed by atoms with E-state index in [-0.39, 0.29) is 6.10 Å². The van der Waals surface area contributed by atoms with E-state index in [1.54, 1.807) is 0 Å². The quantitative estimate of drug-likeness (QED) is 0.325. The molecule has 0 radical (unpaired) electrons. The van der Waals surface area contributed by atoms with Gasteiger partial charge in [-0.15, -0.1) is 0 Å². The van der Waals surface area contributed by atoms with Gasteiger partial charge in [-0.3, -0.25) is 4.79 Å². The summed E-state index contributed by atoms with van der Waals surface area (Å²) < 4.78 is 4.36. The highest BCUT2D eigenvalue weighted by Gasteiger charge is 2.21. The first-order chi connectivity index (χ1) is 7.65. The van der Waals surface area contributed by atoms with E-state index >= 15 is 0 Å². The van der Waals surface area contributed by atoms with Gasteiger partial charge in [0, 0.05) is 0 Å². The van der Waals surface area contributed by atoms with E-state index in [4.69, 9.17) is 10.6 Å². The van der Waals surface area contributed by atoms with Crippen LogP contribution in [0, 0.1) is 0 Å². The average Bonchev–Trinajstić information content (AvgIpc) is 2.30. The second-order valence-corrected chi connectivity index (χ2v) is 3.66. The van der Waals surface area contributed by atoms with Gasteiger partial charge in [0.15, 0.2) is 0 Å². The summed E-state index contributed by atoms with van der Waals surface area (Å²) in [6.07, 6.45) is 5.07. The Morgan fingerprint density at radius 2 is 1.88 bits per heavy atom. The maximum atomic E-state index is 11.1. The van der Waals surface area contributed by atoms with Crippen molar-refractivity contribution in [2.75, 3.05) is 7.11 Å². The Morgan fingerprint density at radius 3 is 2.38 bits per heavy atom. The van der Waals surface area contributed by atoms with Crippen LogP contribution in [-0.4, -0.2) is 30.8 Å². The minimum absolute atomic E-state index is 0.0345. The molecule has 1 aliphatic carbocycles. The highest BCUT2D eigenvalue weighted by Crippen LogP contribution is 2.20. The van der Waals surface area contributed by atoms with Gasteiger partial charge in [0.25, 0.3) is 11.6 Å². The van der Waals surface area contributed by atoms with Crippen LogP contribution in [0.2, 0.25) is 0 Å². The van der Waals surface area contributed by atoms with E-state index < -0.39 is 17.6 Å². The number of nitrogens with two attached hydrogens (primary N) is 1. The van der Waals surface area contributed by atoms with E-state index in [0.717, 1.165) is 32.8 Å². The molecule has 0 atom stereocenters. The van der Waals surface area contributed by atoms with E-state index in [1.807, 2.05) is 0 Å². The topological polar surface area (TPSA) is 91.0 Å². The number of rotatable bonds is 4. The summed E-state index contributed by atoms with van der Waals surface area (Å²) in [5.41, 5.74) is 4.49. The minimum atomic E-state index is -0.942. The van der Waals surface area contributed by atoms with Crippen molar-refractivity contribution in [1.29, 1.82) is 0 Å². The number of primary amides is 1. The van der Waals surface area contributed by atoms with Gasteiger partial charge in [-0.1, -0.05) is 11.6 Å². The predicted molar refractivity (Wildman–Crippen MR) is 56.6 cm³/mol.